The Balaban J connectivity index is 1.45. The molecule has 1 aliphatic rings. The van der Waals surface area contributed by atoms with E-state index in [0.717, 1.165) is 12.8 Å². The average Bonchev–Trinajstić information content (AvgIpc) is 3.61. The molecule has 10 nitrogen and oxygen atoms in total. The third-order valence-electron chi connectivity index (χ3n) is 6.50. The molecule has 3 N–H and O–H groups in total. The standard InChI is InChI=1S/C27H24ClN5O5/c28-19-6-10-24(32-14-21(15-34)30-31-32)22(12-19)18-5-9-25(33(38)13-18)23(11-16-1-2-16)26(35)29-20-7-3-17(4-8-20)27(36)37/h3-10,12-14,16,23,34H,1-2,11,15H2,(H,29,35)(H,36,37). The van der Waals surface area contributed by atoms with E-state index >= 15 is 0 Å². The highest BCUT2D eigenvalue weighted by Gasteiger charge is 2.35. The molecule has 0 spiro atoms. The van der Waals surface area contributed by atoms with Gasteiger partial charge in [-0.05, 0) is 60.9 Å². The van der Waals surface area contributed by atoms with Gasteiger partial charge in [-0.25, -0.2) is 9.48 Å². The number of hydrogen-bond acceptors (Lipinski definition) is 6. The number of aliphatic hydroxyl groups excluding tert-OH is 1. The molecule has 2 heterocycles. The number of carboxylic acids is 1. The Kier molecular flexibility index (Phi) is 7.08. The number of aromatic nitrogens is 4. The lowest BCUT2D eigenvalue weighted by atomic mass is 9.95. The Labute approximate surface area is 222 Å². The van der Waals surface area contributed by atoms with Gasteiger partial charge in [0.15, 0.2) is 6.20 Å². The van der Waals surface area contributed by atoms with Gasteiger partial charge >= 0.3 is 5.97 Å². The minimum Gasteiger partial charge on any atom is -0.618 e. The van der Waals surface area contributed by atoms with Gasteiger partial charge in [0.1, 0.15) is 11.6 Å². The van der Waals surface area contributed by atoms with E-state index in [1.165, 1.54) is 35.1 Å². The number of rotatable bonds is 9. The minimum absolute atomic E-state index is 0.115. The maximum absolute atomic E-state index is 13.3. The molecule has 1 saturated carbocycles. The average molecular weight is 534 g/mol. The lowest BCUT2D eigenvalue weighted by molar-refractivity contribution is -0.614. The van der Waals surface area contributed by atoms with Crippen LogP contribution in [0.4, 0.5) is 5.69 Å². The summed E-state index contributed by atoms with van der Waals surface area (Å²) < 4.78 is 2.21. The van der Waals surface area contributed by atoms with Crippen LogP contribution in [-0.4, -0.2) is 37.1 Å². The van der Waals surface area contributed by atoms with E-state index < -0.39 is 11.9 Å². The minimum atomic E-state index is -1.05. The molecular formula is C27H24ClN5O5. The fourth-order valence-electron chi connectivity index (χ4n) is 4.32. The molecule has 2 aromatic heterocycles. The molecule has 5 rings (SSSR count). The number of aromatic carboxylic acids is 1. The van der Waals surface area contributed by atoms with Crippen molar-refractivity contribution in [2.75, 3.05) is 5.32 Å². The number of hydrogen-bond donors (Lipinski definition) is 3. The lowest BCUT2D eigenvalue weighted by Crippen LogP contribution is -2.37. The second kappa shape index (κ2) is 10.6. The predicted molar refractivity (Wildman–Crippen MR) is 139 cm³/mol. The van der Waals surface area contributed by atoms with Crippen LogP contribution in [0.3, 0.4) is 0 Å². The van der Waals surface area contributed by atoms with Gasteiger partial charge in [-0.1, -0.05) is 29.7 Å². The summed E-state index contributed by atoms with van der Waals surface area (Å²) in [5, 5.41) is 43.0. The molecule has 4 aromatic rings. The van der Waals surface area contributed by atoms with E-state index in [2.05, 4.69) is 15.6 Å². The number of carboxylic acid groups (broad SMARTS) is 1. The highest BCUT2D eigenvalue weighted by atomic mass is 35.5. The molecule has 0 radical (unpaired) electrons. The van der Waals surface area contributed by atoms with Crippen LogP contribution in [0, 0.1) is 11.1 Å². The molecule has 11 heteroatoms. The van der Waals surface area contributed by atoms with Crippen LogP contribution in [0.5, 0.6) is 0 Å². The van der Waals surface area contributed by atoms with Crippen LogP contribution in [0.15, 0.2) is 67.0 Å². The Bertz CT molecular complexity index is 1500. The molecule has 0 saturated heterocycles. The Morgan fingerprint density at radius 2 is 1.92 bits per heavy atom. The van der Waals surface area contributed by atoms with Crippen LogP contribution in [0.25, 0.3) is 16.8 Å². The summed E-state index contributed by atoms with van der Waals surface area (Å²) in [6.45, 7) is -0.258. The summed E-state index contributed by atoms with van der Waals surface area (Å²) in [6.07, 6.45) is 5.54. The van der Waals surface area contributed by atoms with E-state index in [4.69, 9.17) is 16.7 Å². The molecule has 0 bridgehead atoms. The normalized spacial score (nSPS) is 13.7. The Morgan fingerprint density at radius 1 is 1.16 bits per heavy atom. The maximum atomic E-state index is 13.3. The number of amides is 1. The number of carbonyl (C=O) groups is 2. The SMILES string of the molecule is O=C(O)c1ccc(NC(=O)C(CC2CC2)c2ccc(-c3cc(Cl)ccc3-n3cc(CO)nn3)c[n+]2[O-])cc1. The molecule has 1 fully saturated rings. The zero-order valence-electron chi connectivity index (χ0n) is 20.1. The van der Waals surface area contributed by atoms with Gasteiger partial charge in [-0.2, -0.15) is 4.73 Å². The number of halogens is 1. The van der Waals surface area contributed by atoms with Crippen molar-refractivity contribution in [3.8, 4) is 16.8 Å². The van der Waals surface area contributed by atoms with Crippen LogP contribution < -0.4 is 10.0 Å². The Hall–Kier alpha value is -4.28. The molecular weight excluding hydrogens is 510 g/mol. The van der Waals surface area contributed by atoms with Gasteiger partial charge in [0.05, 0.1) is 24.1 Å². The number of benzene rings is 2. The maximum Gasteiger partial charge on any atom is 0.335 e. The topological polar surface area (TPSA) is 144 Å². The second-order valence-corrected chi connectivity index (χ2v) is 9.68. The molecule has 1 aliphatic carbocycles. The third-order valence-corrected chi connectivity index (χ3v) is 6.74. The van der Waals surface area contributed by atoms with Crippen molar-refractivity contribution in [1.82, 2.24) is 15.0 Å². The van der Waals surface area contributed by atoms with Crippen molar-refractivity contribution in [3.63, 3.8) is 0 Å². The van der Waals surface area contributed by atoms with Crippen molar-refractivity contribution in [3.05, 3.63) is 94.2 Å². The van der Waals surface area contributed by atoms with Crippen LogP contribution >= 0.6 is 11.6 Å². The monoisotopic (exact) mass is 533 g/mol. The first-order chi connectivity index (χ1) is 18.3. The quantitative estimate of drug-likeness (QED) is 0.218. The van der Waals surface area contributed by atoms with Gasteiger partial charge in [0, 0.05) is 27.9 Å². The van der Waals surface area contributed by atoms with Crippen molar-refractivity contribution < 1.29 is 24.5 Å². The van der Waals surface area contributed by atoms with Crippen molar-refractivity contribution >= 4 is 29.2 Å². The first-order valence-corrected chi connectivity index (χ1v) is 12.4. The number of anilines is 1. The number of aliphatic hydroxyl groups is 1. The summed E-state index contributed by atoms with van der Waals surface area (Å²) in [5.74, 6) is -1.70. The largest absolute Gasteiger partial charge is 0.618 e. The van der Waals surface area contributed by atoms with Crippen LogP contribution in [0.1, 0.15) is 46.9 Å². The zero-order valence-corrected chi connectivity index (χ0v) is 20.9. The summed E-state index contributed by atoms with van der Waals surface area (Å²) in [4.78, 5) is 24.4. The van der Waals surface area contributed by atoms with E-state index in [1.54, 1.807) is 36.5 Å². The predicted octanol–water partition coefficient (Wildman–Crippen LogP) is 3.93. The summed E-state index contributed by atoms with van der Waals surface area (Å²) in [6, 6.07) is 14.4. The first-order valence-electron chi connectivity index (χ1n) is 12.0. The van der Waals surface area contributed by atoms with Crippen LogP contribution in [0.2, 0.25) is 5.02 Å². The molecule has 1 amide bonds. The fraction of sp³-hybridized carbons (Fsp3) is 0.222. The third kappa shape index (κ3) is 5.51. The molecule has 0 aliphatic heterocycles. The van der Waals surface area contributed by atoms with Gasteiger partial charge in [0.2, 0.25) is 11.6 Å². The van der Waals surface area contributed by atoms with Gasteiger partial charge < -0.3 is 20.7 Å². The molecule has 1 atom stereocenters. The number of nitrogens with zero attached hydrogens (tertiary/aromatic N) is 4. The summed E-state index contributed by atoms with van der Waals surface area (Å²) >= 11 is 6.26. The number of carbonyl (C=O) groups excluding carboxylic acids is 1. The van der Waals surface area contributed by atoms with Gasteiger partial charge in [0.25, 0.3) is 0 Å². The van der Waals surface area contributed by atoms with Crippen molar-refractivity contribution in [2.45, 2.75) is 31.8 Å². The smallest absolute Gasteiger partial charge is 0.335 e. The Morgan fingerprint density at radius 3 is 2.55 bits per heavy atom. The summed E-state index contributed by atoms with van der Waals surface area (Å²) in [7, 11) is 0. The van der Waals surface area contributed by atoms with E-state index in [1.807, 2.05) is 0 Å². The van der Waals surface area contributed by atoms with Crippen LogP contribution in [-0.2, 0) is 11.4 Å². The van der Waals surface area contributed by atoms with E-state index in [0.29, 0.717) is 56.0 Å². The second-order valence-electron chi connectivity index (χ2n) is 9.25. The highest BCUT2D eigenvalue weighted by molar-refractivity contribution is 6.31. The lowest BCUT2D eigenvalue weighted by Gasteiger charge is -2.17. The molecule has 2 aromatic carbocycles. The van der Waals surface area contributed by atoms with Gasteiger partial charge in [-0.15, -0.1) is 5.10 Å². The molecule has 194 valence electrons. The van der Waals surface area contributed by atoms with E-state index in [-0.39, 0.29) is 18.1 Å². The molecule has 38 heavy (non-hydrogen) atoms. The fourth-order valence-corrected chi connectivity index (χ4v) is 4.50. The number of nitrogens with one attached hydrogen (secondary N) is 1. The number of pyridine rings is 1. The zero-order chi connectivity index (χ0) is 26.8. The highest BCUT2D eigenvalue weighted by Crippen LogP contribution is 2.39. The van der Waals surface area contributed by atoms with Crippen molar-refractivity contribution in [2.24, 2.45) is 5.92 Å². The van der Waals surface area contributed by atoms with Gasteiger partial charge in [-0.3, -0.25) is 4.79 Å². The summed E-state index contributed by atoms with van der Waals surface area (Å²) in [5.41, 5.74) is 3.09. The van der Waals surface area contributed by atoms with Crippen molar-refractivity contribution in [1.29, 1.82) is 0 Å². The van der Waals surface area contributed by atoms with E-state index in [9.17, 15) is 19.9 Å². The molecule has 1 unspecified atom stereocenters. The first kappa shape index (κ1) is 25.4.